The number of carbonyl (C=O) groups is 2. The Morgan fingerprint density at radius 2 is 2.09 bits per heavy atom. The second-order valence-electron chi connectivity index (χ2n) is 4.66. The van der Waals surface area contributed by atoms with Crippen LogP contribution in [-0.4, -0.2) is 27.6 Å². The van der Waals surface area contributed by atoms with Crippen LogP contribution in [0.3, 0.4) is 0 Å². The summed E-state index contributed by atoms with van der Waals surface area (Å²) in [6.45, 7) is 0. The van der Waals surface area contributed by atoms with Crippen molar-refractivity contribution in [1.29, 1.82) is 0 Å². The molecule has 1 fully saturated rings. The van der Waals surface area contributed by atoms with Crippen LogP contribution in [0.2, 0.25) is 0 Å². The molecule has 0 bridgehead atoms. The van der Waals surface area contributed by atoms with Crippen LogP contribution < -0.4 is 5.43 Å². The Balaban J connectivity index is 1.79. The summed E-state index contributed by atoms with van der Waals surface area (Å²) in [5.41, 5.74) is 4.06. The van der Waals surface area contributed by atoms with Gasteiger partial charge in [-0.25, -0.2) is 5.01 Å². The minimum absolute atomic E-state index is 0.116. The second-order valence-corrected chi connectivity index (χ2v) is 6.65. The van der Waals surface area contributed by atoms with Crippen molar-refractivity contribution in [3.05, 3.63) is 64.4 Å². The Hall–Kier alpha value is -1.86. The third-order valence-corrected chi connectivity index (χ3v) is 4.91. The molecule has 1 saturated heterocycles. The lowest BCUT2D eigenvalue weighted by Crippen LogP contribution is -2.44. The van der Waals surface area contributed by atoms with Crippen molar-refractivity contribution in [2.75, 3.05) is 5.75 Å². The van der Waals surface area contributed by atoms with Gasteiger partial charge < -0.3 is 0 Å². The number of hydrazine groups is 1. The first kappa shape index (κ1) is 15.1. The fourth-order valence-corrected chi connectivity index (χ4v) is 3.46. The number of benzene rings is 1. The van der Waals surface area contributed by atoms with E-state index in [-0.39, 0.29) is 17.2 Å². The van der Waals surface area contributed by atoms with Gasteiger partial charge in [0.05, 0.1) is 11.3 Å². The largest absolute Gasteiger partial charge is 0.272 e. The Morgan fingerprint density at radius 3 is 2.77 bits per heavy atom. The zero-order valence-electron chi connectivity index (χ0n) is 11.4. The van der Waals surface area contributed by atoms with Gasteiger partial charge in [-0.1, -0.05) is 28.1 Å². The van der Waals surface area contributed by atoms with Gasteiger partial charge >= 0.3 is 0 Å². The second kappa shape index (κ2) is 6.50. The van der Waals surface area contributed by atoms with Gasteiger partial charge in [-0.2, -0.15) is 0 Å². The number of amides is 2. The highest BCUT2D eigenvalue weighted by atomic mass is 79.9. The van der Waals surface area contributed by atoms with Gasteiger partial charge in [-0.3, -0.25) is 20.0 Å². The van der Waals surface area contributed by atoms with Crippen LogP contribution in [0.1, 0.15) is 21.3 Å². The molecule has 1 aromatic heterocycles. The van der Waals surface area contributed by atoms with Gasteiger partial charge in [-0.05, 0) is 29.8 Å². The predicted octanol–water partition coefficient (Wildman–Crippen LogP) is 2.76. The number of aromatic nitrogens is 1. The molecule has 0 radical (unpaired) electrons. The van der Waals surface area contributed by atoms with E-state index < -0.39 is 0 Å². The predicted molar refractivity (Wildman–Crippen MR) is 87.9 cm³/mol. The van der Waals surface area contributed by atoms with Crippen LogP contribution in [0.4, 0.5) is 0 Å². The summed E-state index contributed by atoms with van der Waals surface area (Å²) in [6.07, 6.45) is 3.07. The fraction of sp³-hybridized carbons (Fsp3) is 0.133. The fourth-order valence-electron chi connectivity index (χ4n) is 2.09. The lowest BCUT2D eigenvalue weighted by Gasteiger charge is -2.24. The van der Waals surface area contributed by atoms with E-state index in [1.807, 2.05) is 24.3 Å². The number of rotatable bonds is 3. The highest BCUT2D eigenvalue weighted by molar-refractivity contribution is 9.10. The molecule has 1 aromatic carbocycles. The summed E-state index contributed by atoms with van der Waals surface area (Å²) in [7, 11) is 0. The molecule has 7 heteroatoms. The molecule has 0 aliphatic carbocycles. The molecule has 1 aliphatic heterocycles. The van der Waals surface area contributed by atoms with E-state index in [0.717, 1.165) is 10.0 Å². The lowest BCUT2D eigenvalue weighted by atomic mass is 10.2. The van der Waals surface area contributed by atoms with Gasteiger partial charge in [0.25, 0.3) is 11.8 Å². The van der Waals surface area contributed by atoms with Crippen LogP contribution in [0, 0.1) is 0 Å². The van der Waals surface area contributed by atoms with Crippen molar-refractivity contribution >= 4 is 39.5 Å². The summed E-state index contributed by atoms with van der Waals surface area (Å²) >= 11 is 4.87. The summed E-state index contributed by atoms with van der Waals surface area (Å²) < 4.78 is 0.969. The van der Waals surface area contributed by atoms with Gasteiger partial charge in [0, 0.05) is 16.9 Å². The van der Waals surface area contributed by atoms with E-state index in [1.54, 1.807) is 18.3 Å². The first-order chi connectivity index (χ1) is 10.6. The Kier molecular flexibility index (Phi) is 4.44. The summed E-state index contributed by atoms with van der Waals surface area (Å²) in [4.78, 5) is 28.2. The standard InChI is InChI=1S/C15H12BrN3O2S/c16-12-5-3-10(4-6-12)15-19(13(20)9-22-15)18-14(21)11-2-1-7-17-8-11/h1-8,15H,9H2,(H,18,21)/t15-/m1/s1. The van der Waals surface area contributed by atoms with Crippen molar-refractivity contribution in [2.24, 2.45) is 0 Å². The molecule has 1 aliphatic rings. The first-order valence-corrected chi connectivity index (χ1v) is 8.39. The summed E-state index contributed by atoms with van der Waals surface area (Å²) in [5.74, 6) is -0.116. The maximum atomic E-state index is 12.2. The van der Waals surface area contributed by atoms with E-state index in [4.69, 9.17) is 0 Å². The van der Waals surface area contributed by atoms with Gasteiger partial charge in [0.2, 0.25) is 0 Å². The maximum Gasteiger partial charge on any atom is 0.271 e. The number of halogens is 1. The van der Waals surface area contributed by atoms with Crippen LogP contribution in [0.5, 0.6) is 0 Å². The number of hydrogen-bond donors (Lipinski definition) is 1. The molecule has 5 nitrogen and oxygen atoms in total. The molecule has 112 valence electrons. The van der Waals surface area contributed by atoms with E-state index >= 15 is 0 Å². The normalized spacial score (nSPS) is 17.6. The van der Waals surface area contributed by atoms with E-state index in [2.05, 4.69) is 26.3 Å². The minimum atomic E-state index is -0.342. The molecular formula is C15H12BrN3O2S. The van der Waals surface area contributed by atoms with Crippen molar-refractivity contribution < 1.29 is 9.59 Å². The Labute approximate surface area is 140 Å². The Morgan fingerprint density at radius 1 is 1.32 bits per heavy atom. The number of carbonyl (C=O) groups excluding carboxylic acids is 2. The zero-order valence-corrected chi connectivity index (χ0v) is 13.8. The zero-order chi connectivity index (χ0) is 15.5. The van der Waals surface area contributed by atoms with E-state index in [0.29, 0.717) is 11.3 Å². The molecule has 0 saturated carbocycles. The van der Waals surface area contributed by atoms with Gasteiger partial charge in [0.15, 0.2) is 0 Å². The molecule has 2 amide bonds. The van der Waals surface area contributed by atoms with Crippen molar-refractivity contribution in [2.45, 2.75) is 5.37 Å². The van der Waals surface area contributed by atoms with Crippen LogP contribution in [0.25, 0.3) is 0 Å². The third kappa shape index (κ3) is 3.15. The molecule has 1 atom stereocenters. The lowest BCUT2D eigenvalue weighted by molar-refractivity contribution is -0.130. The SMILES string of the molecule is O=C(NN1C(=O)CS[C@@H]1c1ccc(Br)cc1)c1cccnc1. The number of pyridine rings is 1. The van der Waals surface area contributed by atoms with Crippen molar-refractivity contribution in [3.8, 4) is 0 Å². The number of thioether (sulfide) groups is 1. The quantitative estimate of drug-likeness (QED) is 0.892. The van der Waals surface area contributed by atoms with Gasteiger partial charge in [0.1, 0.15) is 5.37 Å². The van der Waals surface area contributed by atoms with E-state index in [9.17, 15) is 9.59 Å². The number of nitrogens with zero attached hydrogens (tertiary/aromatic N) is 2. The molecule has 0 unspecified atom stereocenters. The minimum Gasteiger partial charge on any atom is -0.272 e. The molecule has 0 spiro atoms. The average Bonchev–Trinajstić information content (AvgIpc) is 2.90. The number of nitrogens with one attached hydrogen (secondary N) is 1. The topological polar surface area (TPSA) is 62.3 Å². The molecule has 2 heterocycles. The smallest absolute Gasteiger partial charge is 0.271 e. The molecular weight excluding hydrogens is 366 g/mol. The van der Waals surface area contributed by atoms with Gasteiger partial charge in [-0.15, -0.1) is 11.8 Å². The molecule has 3 rings (SSSR count). The van der Waals surface area contributed by atoms with Crippen LogP contribution in [-0.2, 0) is 4.79 Å². The maximum absolute atomic E-state index is 12.2. The third-order valence-electron chi connectivity index (χ3n) is 3.17. The van der Waals surface area contributed by atoms with Crippen molar-refractivity contribution in [3.63, 3.8) is 0 Å². The monoisotopic (exact) mass is 377 g/mol. The van der Waals surface area contributed by atoms with Crippen LogP contribution in [0.15, 0.2) is 53.3 Å². The molecule has 22 heavy (non-hydrogen) atoms. The summed E-state index contributed by atoms with van der Waals surface area (Å²) in [5, 5.41) is 1.17. The Bertz CT molecular complexity index is 694. The highest BCUT2D eigenvalue weighted by Gasteiger charge is 2.34. The number of hydrogen-bond acceptors (Lipinski definition) is 4. The molecule has 1 N–H and O–H groups in total. The first-order valence-electron chi connectivity index (χ1n) is 6.55. The molecule has 2 aromatic rings. The van der Waals surface area contributed by atoms with E-state index in [1.165, 1.54) is 23.0 Å². The highest BCUT2D eigenvalue weighted by Crippen LogP contribution is 2.37. The van der Waals surface area contributed by atoms with Crippen LogP contribution >= 0.6 is 27.7 Å². The van der Waals surface area contributed by atoms with Crippen molar-refractivity contribution in [1.82, 2.24) is 15.4 Å². The average molecular weight is 378 g/mol. The summed E-state index contributed by atoms with van der Waals surface area (Å²) in [6, 6.07) is 11.0.